The molecular formula is C22H24N4O3. The molecule has 0 fully saturated rings. The molecule has 0 saturated heterocycles. The molecule has 0 saturated carbocycles. The summed E-state index contributed by atoms with van der Waals surface area (Å²) in [6.45, 7) is 4.11. The first kappa shape index (κ1) is 19.1. The summed E-state index contributed by atoms with van der Waals surface area (Å²) in [5.41, 5.74) is 4.41. The van der Waals surface area contributed by atoms with Gasteiger partial charge < -0.3 is 14.5 Å². The van der Waals surface area contributed by atoms with Gasteiger partial charge in [-0.25, -0.2) is 4.98 Å². The molecule has 0 spiro atoms. The van der Waals surface area contributed by atoms with Crippen LogP contribution in [0.5, 0.6) is 11.5 Å². The predicted molar refractivity (Wildman–Crippen MR) is 110 cm³/mol. The third-order valence-corrected chi connectivity index (χ3v) is 5.34. The molecule has 7 nitrogen and oxygen atoms in total. The zero-order valence-electron chi connectivity index (χ0n) is 16.9. The number of pyridine rings is 1. The Morgan fingerprint density at radius 2 is 2.07 bits per heavy atom. The first-order chi connectivity index (χ1) is 14.1. The average Bonchev–Trinajstić information content (AvgIpc) is 2.74. The number of fused-ring (bicyclic) bond motifs is 1. The van der Waals surface area contributed by atoms with Crippen LogP contribution in [-0.4, -0.2) is 40.6 Å². The fourth-order valence-electron chi connectivity index (χ4n) is 3.87. The van der Waals surface area contributed by atoms with Crippen LogP contribution < -0.4 is 15.0 Å². The van der Waals surface area contributed by atoms with Crippen molar-refractivity contribution in [2.24, 2.45) is 0 Å². The summed E-state index contributed by atoms with van der Waals surface area (Å²) >= 11 is 0. The summed E-state index contributed by atoms with van der Waals surface area (Å²) < 4.78 is 11.0. The maximum absolute atomic E-state index is 12.6. The summed E-state index contributed by atoms with van der Waals surface area (Å²) in [5, 5.41) is 0. The first-order valence-electron chi connectivity index (χ1n) is 9.56. The summed E-state index contributed by atoms with van der Waals surface area (Å²) in [6.07, 6.45) is 4.07. The predicted octanol–water partition coefficient (Wildman–Crippen LogP) is 2.72. The fourth-order valence-corrected chi connectivity index (χ4v) is 3.87. The summed E-state index contributed by atoms with van der Waals surface area (Å²) in [6, 6.07) is 7.73. The van der Waals surface area contributed by atoms with Gasteiger partial charge in [-0.1, -0.05) is 6.07 Å². The van der Waals surface area contributed by atoms with Gasteiger partial charge in [0.15, 0.2) is 0 Å². The number of ether oxygens (including phenoxy) is 2. The van der Waals surface area contributed by atoms with Crippen molar-refractivity contribution in [2.45, 2.75) is 26.4 Å². The SMILES string of the molecule is COc1ccc(CN2CCc3c(nc(-c4cccnc4)[nH]c3=O)C2)c(OC)c1C. The van der Waals surface area contributed by atoms with Crippen LogP contribution in [0.4, 0.5) is 0 Å². The van der Waals surface area contributed by atoms with Gasteiger partial charge in [0.2, 0.25) is 0 Å². The van der Waals surface area contributed by atoms with E-state index in [1.165, 1.54) is 0 Å². The highest BCUT2D eigenvalue weighted by atomic mass is 16.5. The lowest BCUT2D eigenvalue weighted by Gasteiger charge is -2.28. The van der Waals surface area contributed by atoms with Gasteiger partial charge in [-0.2, -0.15) is 0 Å². The van der Waals surface area contributed by atoms with Crippen LogP contribution in [0.2, 0.25) is 0 Å². The van der Waals surface area contributed by atoms with Crippen molar-refractivity contribution in [2.75, 3.05) is 20.8 Å². The van der Waals surface area contributed by atoms with Gasteiger partial charge in [-0.3, -0.25) is 14.7 Å². The maximum Gasteiger partial charge on any atom is 0.254 e. The van der Waals surface area contributed by atoms with Crippen molar-refractivity contribution in [1.29, 1.82) is 0 Å². The zero-order valence-corrected chi connectivity index (χ0v) is 16.9. The Bertz CT molecular complexity index is 1080. The molecule has 7 heteroatoms. The molecule has 29 heavy (non-hydrogen) atoms. The number of hydrogen-bond acceptors (Lipinski definition) is 6. The smallest absolute Gasteiger partial charge is 0.254 e. The van der Waals surface area contributed by atoms with E-state index in [2.05, 4.69) is 14.9 Å². The Kier molecular flexibility index (Phi) is 5.31. The Morgan fingerprint density at radius 1 is 1.21 bits per heavy atom. The van der Waals surface area contributed by atoms with Crippen LogP contribution in [0.15, 0.2) is 41.5 Å². The standard InChI is InChI=1S/C22H24N4O3/c1-14-19(28-2)7-6-16(20(14)29-3)12-26-10-8-17-18(13-26)24-21(25-22(17)27)15-5-4-9-23-11-15/h4-7,9,11H,8,10,12-13H2,1-3H3,(H,24,25,27). The van der Waals surface area contributed by atoms with E-state index in [4.69, 9.17) is 14.5 Å². The summed E-state index contributed by atoms with van der Waals surface area (Å²) in [5.74, 6) is 2.20. The van der Waals surface area contributed by atoms with Crippen molar-refractivity contribution in [1.82, 2.24) is 19.9 Å². The lowest BCUT2D eigenvalue weighted by Crippen LogP contribution is -2.35. The van der Waals surface area contributed by atoms with Crippen LogP contribution in [0.25, 0.3) is 11.4 Å². The number of methoxy groups -OCH3 is 2. The van der Waals surface area contributed by atoms with E-state index < -0.39 is 0 Å². The fraction of sp³-hybridized carbons (Fsp3) is 0.318. The number of aromatic amines is 1. The zero-order chi connectivity index (χ0) is 20.4. The van der Waals surface area contributed by atoms with Crippen LogP contribution in [0.3, 0.4) is 0 Å². The van der Waals surface area contributed by atoms with Crippen LogP contribution in [0.1, 0.15) is 22.4 Å². The van der Waals surface area contributed by atoms with E-state index in [0.29, 0.717) is 25.3 Å². The summed E-state index contributed by atoms with van der Waals surface area (Å²) in [7, 11) is 3.34. The number of benzene rings is 1. The molecule has 2 aromatic heterocycles. The van der Waals surface area contributed by atoms with E-state index >= 15 is 0 Å². The van der Waals surface area contributed by atoms with Crippen molar-refractivity contribution >= 4 is 0 Å². The molecule has 0 aliphatic carbocycles. The van der Waals surface area contributed by atoms with Crippen LogP contribution in [-0.2, 0) is 19.5 Å². The number of aromatic nitrogens is 3. The number of hydrogen-bond donors (Lipinski definition) is 1. The van der Waals surface area contributed by atoms with Gasteiger partial charge in [0.1, 0.15) is 17.3 Å². The van der Waals surface area contributed by atoms with E-state index in [1.54, 1.807) is 26.6 Å². The number of rotatable bonds is 5. The second kappa shape index (κ2) is 8.05. The van der Waals surface area contributed by atoms with Gasteiger partial charge in [0.25, 0.3) is 5.56 Å². The first-order valence-corrected chi connectivity index (χ1v) is 9.56. The van der Waals surface area contributed by atoms with Crippen LogP contribution >= 0.6 is 0 Å². The quantitative estimate of drug-likeness (QED) is 0.719. The van der Waals surface area contributed by atoms with E-state index in [-0.39, 0.29) is 5.56 Å². The highest BCUT2D eigenvalue weighted by Crippen LogP contribution is 2.32. The molecule has 0 bridgehead atoms. The molecule has 3 aromatic rings. The van der Waals surface area contributed by atoms with Gasteiger partial charge in [0.05, 0.1) is 19.9 Å². The Balaban J connectivity index is 1.62. The molecule has 1 N–H and O–H groups in total. The van der Waals surface area contributed by atoms with Gasteiger partial charge in [-0.15, -0.1) is 0 Å². The van der Waals surface area contributed by atoms with E-state index in [9.17, 15) is 4.79 Å². The van der Waals surface area contributed by atoms with Gasteiger partial charge >= 0.3 is 0 Å². The van der Waals surface area contributed by atoms with Gasteiger partial charge in [-0.05, 0) is 31.5 Å². The molecule has 0 atom stereocenters. The maximum atomic E-state index is 12.6. The molecule has 1 aliphatic heterocycles. The number of nitrogens with one attached hydrogen (secondary N) is 1. The molecule has 4 rings (SSSR count). The normalized spacial score (nSPS) is 13.8. The van der Waals surface area contributed by atoms with E-state index in [1.807, 2.05) is 31.2 Å². The second-order valence-electron chi connectivity index (χ2n) is 7.13. The van der Waals surface area contributed by atoms with Crippen molar-refractivity contribution in [3.05, 3.63) is 69.4 Å². The number of H-pyrrole nitrogens is 1. The molecule has 1 aromatic carbocycles. The Hall–Kier alpha value is -3.19. The molecule has 0 radical (unpaired) electrons. The third-order valence-electron chi connectivity index (χ3n) is 5.34. The highest BCUT2D eigenvalue weighted by molar-refractivity contribution is 5.53. The van der Waals surface area contributed by atoms with Gasteiger partial charge in [0, 0.05) is 54.3 Å². The summed E-state index contributed by atoms with van der Waals surface area (Å²) in [4.78, 5) is 26.6. The minimum Gasteiger partial charge on any atom is -0.496 e. The minimum atomic E-state index is -0.0635. The van der Waals surface area contributed by atoms with Crippen molar-refractivity contribution in [3.8, 4) is 22.9 Å². The molecule has 0 amide bonds. The Morgan fingerprint density at radius 3 is 2.79 bits per heavy atom. The molecule has 150 valence electrons. The number of nitrogens with zero attached hydrogens (tertiary/aromatic N) is 3. The molecule has 1 aliphatic rings. The van der Waals surface area contributed by atoms with Crippen LogP contribution in [0, 0.1) is 6.92 Å². The highest BCUT2D eigenvalue weighted by Gasteiger charge is 2.23. The molecule has 3 heterocycles. The Labute approximate surface area is 169 Å². The average molecular weight is 392 g/mol. The second-order valence-corrected chi connectivity index (χ2v) is 7.13. The minimum absolute atomic E-state index is 0.0635. The largest absolute Gasteiger partial charge is 0.496 e. The lowest BCUT2D eigenvalue weighted by atomic mass is 10.0. The molecular weight excluding hydrogens is 368 g/mol. The lowest BCUT2D eigenvalue weighted by molar-refractivity contribution is 0.236. The third kappa shape index (κ3) is 3.73. The monoisotopic (exact) mass is 392 g/mol. The van der Waals surface area contributed by atoms with E-state index in [0.717, 1.165) is 46.0 Å². The van der Waals surface area contributed by atoms with Crippen molar-refractivity contribution < 1.29 is 9.47 Å². The molecule has 0 unspecified atom stereocenters. The topological polar surface area (TPSA) is 80.3 Å². The van der Waals surface area contributed by atoms with Crippen molar-refractivity contribution in [3.63, 3.8) is 0 Å².